The van der Waals surface area contributed by atoms with Gasteiger partial charge in [0.15, 0.2) is 0 Å². The highest BCUT2D eigenvalue weighted by atomic mass is 32.2. The van der Waals surface area contributed by atoms with Crippen LogP contribution in [0.25, 0.3) is 0 Å². The predicted molar refractivity (Wildman–Crippen MR) is 109 cm³/mol. The second-order valence-electron chi connectivity index (χ2n) is 7.77. The molecule has 1 aromatic rings. The summed E-state index contributed by atoms with van der Waals surface area (Å²) in [5, 5.41) is 0. The monoisotopic (exact) mass is 409 g/mol. The quantitative estimate of drug-likeness (QED) is 0.664. The van der Waals surface area contributed by atoms with Gasteiger partial charge in [-0.1, -0.05) is 29.8 Å². The van der Waals surface area contributed by atoms with Gasteiger partial charge in [0.05, 0.1) is 25.9 Å². The maximum absolute atomic E-state index is 12.7. The van der Waals surface area contributed by atoms with Crippen LogP contribution in [0, 0.1) is 6.92 Å². The van der Waals surface area contributed by atoms with Crippen LogP contribution in [0.3, 0.4) is 0 Å². The van der Waals surface area contributed by atoms with Crippen molar-refractivity contribution >= 4 is 15.9 Å². The second kappa shape index (κ2) is 9.35. The fourth-order valence-electron chi connectivity index (χ4n) is 3.88. The lowest BCUT2D eigenvalue weighted by molar-refractivity contribution is -0.129. The van der Waals surface area contributed by atoms with Gasteiger partial charge in [-0.05, 0) is 18.9 Å². The van der Waals surface area contributed by atoms with Gasteiger partial charge in [0.1, 0.15) is 0 Å². The van der Waals surface area contributed by atoms with E-state index in [2.05, 4.69) is 4.90 Å². The smallest absolute Gasteiger partial charge is 0.227 e. The topological polar surface area (TPSA) is 70.2 Å². The van der Waals surface area contributed by atoms with Crippen molar-refractivity contribution in [1.82, 2.24) is 14.1 Å². The minimum atomic E-state index is -3.32. The number of carbonyl (C=O) groups excluding carboxylic acids is 1. The van der Waals surface area contributed by atoms with E-state index in [4.69, 9.17) is 4.74 Å². The van der Waals surface area contributed by atoms with Crippen LogP contribution >= 0.6 is 0 Å². The molecule has 2 fully saturated rings. The number of amides is 1. The first-order chi connectivity index (χ1) is 13.3. The molecule has 0 aromatic heterocycles. The highest BCUT2D eigenvalue weighted by Gasteiger charge is 2.34. The number of aryl methyl sites for hydroxylation is 1. The molecule has 0 radical (unpaired) electrons. The lowest BCUT2D eigenvalue weighted by Crippen LogP contribution is -2.47. The lowest BCUT2D eigenvalue weighted by Gasteiger charge is -2.31. The maximum Gasteiger partial charge on any atom is 0.227 e. The van der Waals surface area contributed by atoms with E-state index in [1.807, 2.05) is 31.2 Å². The third-order valence-corrected chi connectivity index (χ3v) is 6.90. The average Bonchev–Trinajstić information content (AvgIpc) is 3.13. The minimum Gasteiger partial charge on any atom is -0.379 e. The Kier molecular flexibility index (Phi) is 7.09. The number of nitrogens with zero attached hydrogens (tertiary/aromatic N) is 3. The molecule has 1 atom stereocenters. The molecule has 0 aliphatic carbocycles. The zero-order valence-corrected chi connectivity index (χ0v) is 17.7. The fourth-order valence-corrected chi connectivity index (χ4v) is 5.01. The van der Waals surface area contributed by atoms with Crippen LogP contribution in [0.5, 0.6) is 0 Å². The third kappa shape index (κ3) is 5.76. The van der Waals surface area contributed by atoms with E-state index in [9.17, 15) is 13.2 Å². The molecule has 0 bridgehead atoms. The standard InChI is InChI=1S/C20H31N3O4S/c1-17-3-5-18(6-4-17)15-20(24)22-8-7-19(16-22)23(28(2,25)26)10-9-21-11-13-27-14-12-21/h3-6,19H,7-16H2,1-2H3. The highest BCUT2D eigenvalue weighted by Crippen LogP contribution is 2.20. The van der Waals surface area contributed by atoms with Gasteiger partial charge in [0.2, 0.25) is 15.9 Å². The first-order valence-corrected chi connectivity index (χ1v) is 11.8. The van der Waals surface area contributed by atoms with Crippen molar-refractivity contribution in [1.29, 1.82) is 0 Å². The van der Waals surface area contributed by atoms with Crippen molar-refractivity contribution in [2.45, 2.75) is 25.8 Å². The van der Waals surface area contributed by atoms with Gasteiger partial charge in [-0.15, -0.1) is 0 Å². The number of likely N-dealkylation sites (tertiary alicyclic amines) is 1. The van der Waals surface area contributed by atoms with Crippen LogP contribution in [-0.4, -0.2) is 93.2 Å². The van der Waals surface area contributed by atoms with Gasteiger partial charge in [-0.2, -0.15) is 4.31 Å². The minimum absolute atomic E-state index is 0.0629. The summed E-state index contributed by atoms with van der Waals surface area (Å²) >= 11 is 0. The Bertz CT molecular complexity index is 760. The fraction of sp³-hybridized carbons (Fsp3) is 0.650. The molecule has 1 amide bonds. The average molecular weight is 410 g/mol. The Balaban J connectivity index is 1.56. The lowest BCUT2D eigenvalue weighted by atomic mass is 10.1. The number of sulfonamides is 1. The molecule has 0 spiro atoms. The Labute approximate surface area is 168 Å². The van der Waals surface area contributed by atoms with Crippen LogP contribution in [0.4, 0.5) is 0 Å². The van der Waals surface area contributed by atoms with Crippen LogP contribution in [0.1, 0.15) is 17.5 Å². The van der Waals surface area contributed by atoms with Crippen molar-refractivity contribution in [3.05, 3.63) is 35.4 Å². The second-order valence-corrected chi connectivity index (χ2v) is 9.71. The zero-order valence-electron chi connectivity index (χ0n) is 16.8. The molecular formula is C20H31N3O4S. The molecule has 7 nitrogen and oxygen atoms in total. The number of hydrogen-bond donors (Lipinski definition) is 0. The van der Waals surface area contributed by atoms with E-state index < -0.39 is 10.0 Å². The molecule has 0 saturated carbocycles. The normalized spacial score (nSPS) is 21.4. The van der Waals surface area contributed by atoms with E-state index in [1.165, 1.54) is 11.8 Å². The summed E-state index contributed by atoms with van der Waals surface area (Å²) in [6.07, 6.45) is 2.32. The molecule has 2 aliphatic heterocycles. The summed E-state index contributed by atoms with van der Waals surface area (Å²) < 4.78 is 31.7. The zero-order chi connectivity index (χ0) is 20.1. The Hall–Kier alpha value is -1.48. The molecule has 0 N–H and O–H groups in total. The van der Waals surface area contributed by atoms with Crippen molar-refractivity contribution < 1.29 is 17.9 Å². The number of ether oxygens (including phenoxy) is 1. The first kappa shape index (κ1) is 21.2. The van der Waals surface area contributed by atoms with E-state index in [-0.39, 0.29) is 11.9 Å². The number of rotatable bonds is 7. The molecule has 28 heavy (non-hydrogen) atoms. The van der Waals surface area contributed by atoms with Crippen LogP contribution in [0.15, 0.2) is 24.3 Å². The van der Waals surface area contributed by atoms with Crippen LogP contribution < -0.4 is 0 Å². The summed E-state index contributed by atoms with van der Waals surface area (Å²) in [6.45, 7) is 7.33. The SMILES string of the molecule is Cc1ccc(CC(=O)N2CCC(N(CCN3CCOCC3)S(C)(=O)=O)C2)cc1. The number of carbonyl (C=O) groups is 1. The summed E-state index contributed by atoms with van der Waals surface area (Å²) in [5.41, 5.74) is 2.16. The van der Waals surface area contributed by atoms with Gasteiger partial charge < -0.3 is 9.64 Å². The summed E-state index contributed by atoms with van der Waals surface area (Å²) in [7, 11) is -3.32. The number of benzene rings is 1. The van der Waals surface area contributed by atoms with Crippen molar-refractivity contribution in [2.75, 3.05) is 58.7 Å². The summed E-state index contributed by atoms with van der Waals surface area (Å²) in [6, 6.07) is 7.83. The maximum atomic E-state index is 12.7. The summed E-state index contributed by atoms with van der Waals surface area (Å²) in [5.74, 6) is 0.0629. The molecule has 2 saturated heterocycles. The van der Waals surface area contributed by atoms with Crippen molar-refractivity contribution in [3.63, 3.8) is 0 Å². The van der Waals surface area contributed by atoms with E-state index in [0.29, 0.717) is 52.2 Å². The van der Waals surface area contributed by atoms with Gasteiger partial charge in [0, 0.05) is 45.3 Å². The Morgan fingerprint density at radius 1 is 1.18 bits per heavy atom. The molecule has 156 valence electrons. The third-order valence-electron chi connectivity index (χ3n) is 5.57. The molecule has 1 unspecified atom stereocenters. The Morgan fingerprint density at radius 3 is 2.50 bits per heavy atom. The van der Waals surface area contributed by atoms with E-state index in [1.54, 1.807) is 9.21 Å². The largest absolute Gasteiger partial charge is 0.379 e. The first-order valence-electron chi connectivity index (χ1n) is 9.93. The van der Waals surface area contributed by atoms with Crippen LogP contribution in [0.2, 0.25) is 0 Å². The number of morpholine rings is 1. The van der Waals surface area contributed by atoms with Gasteiger partial charge in [0.25, 0.3) is 0 Å². The van der Waals surface area contributed by atoms with Crippen LogP contribution in [-0.2, 0) is 26.0 Å². The van der Waals surface area contributed by atoms with Crippen molar-refractivity contribution in [2.24, 2.45) is 0 Å². The molecular weight excluding hydrogens is 378 g/mol. The molecule has 8 heteroatoms. The van der Waals surface area contributed by atoms with E-state index in [0.717, 1.165) is 18.7 Å². The summed E-state index contributed by atoms with van der Waals surface area (Å²) in [4.78, 5) is 16.7. The van der Waals surface area contributed by atoms with Gasteiger partial charge >= 0.3 is 0 Å². The predicted octanol–water partition coefficient (Wildman–Crippen LogP) is 0.732. The van der Waals surface area contributed by atoms with Gasteiger partial charge in [-0.25, -0.2) is 8.42 Å². The van der Waals surface area contributed by atoms with Crippen molar-refractivity contribution in [3.8, 4) is 0 Å². The molecule has 3 rings (SSSR count). The highest BCUT2D eigenvalue weighted by molar-refractivity contribution is 7.88. The molecule has 2 aliphatic rings. The number of hydrogen-bond acceptors (Lipinski definition) is 5. The Morgan fingerprint density at radius 2 is 1.86 bits per heavy atom. The van der Waals surface area contributed by atoms with E-state index >= 15 is 0 Å². The molecule has 2 heterocycles. The molecule has 1 aromatic carbocycles. The van der Waals surface area contributed by atoms with Gasteiger partial charge in [-0.3, -0.25) is 9.69 Å².